The molecule has 1 aliphatic rings. The zero-order valence-electron chi connectivity index (χ0n) is 8.58. The van der Waals surface area contributed by atoms with Gasteiger partial charge in [0.1, 0.15) is 13.2 Å². The molecule has 1 N–H and O–H groups in total. The monoisotopic (exact) mass is 207 g/mol. The minimum atomic E-state index is 0.162. The van der Waals surface area contributed by atoms with Crippen LogP contribution in [-0.2, 0) is 4.74 Å². The van der Waals surface area contributed by atoms with E-state index in [-0.39, 0.29) is 5.90 Å². The maximum atomic E-state index is 7.63. The molecule has 0 saturated heterocycles. The summed E-state index contributed by atoms with van der Waals surface area (Å²) in [6.07, 6.45) is 0. The summed E-state index contributed by atoms with van der Waals surface area (Å²) in [5.74, 6) is 1.58. The van der Waals surface area contributed by atoms with Crippen molar-refractivity contribution in [3.05, 3.63) is 23.8 Å². The van der Waals surface area contributed by atoms with Crippen LogP contribution in [0.3, 0.4) is 0 Å². The second kappa shape index (κ2) is 4.21. The third kappa shape index (κ3) is 2.03. The van der Waals surface area contributed by atoms with E-state index in [4.69, 9.17) is 19.6 Å². The van der Waals surface area contributed by atoms with Crippen LogP contribution in [0, 0.1) is 5.41 Å². The number of rotatable bonds is 2. The minimum absolute atomic E-state index is 0.162. The molecule has 15 heavy (non-hydrogen) atoms. The highest BCUT2D eigenvalue weighted by atomic mass is 16.6. The van der Waals surface area contributed by atoms with Crippen molar-refractivity contribution < 1.29 is 14.2 Å². The Morgan fingerprint density at radius 3 is 2.80 bits per heavy atom. The van der Waals surface area contributed by atoms with Gasteiger partial charge in [-0.05, 0) is 25.1 Å². The molecule has 0 amide bonds. The van der Waals surface area contributed by atoms with Crippen LogP contribution in [0.1, 0.15) is 12.5 Å². The molecular weight excluding hydrogens is 194 g/mol. The van der Waals surface area contributed by atoms with Crippen molar-refractivity contribution in [3.63, 3.8) is 0 Å². The van der Waals surface area contributed by atoms with Crippen LogP contribution in [-0.4, -0.2) is 25.7 Å². The highest BCUT2D eigenvalue weighted by molar-refractivity contribution is 5.92. The van der Waals surface area contributed by atoms with Gasteiger partial charge in [0.05, 0.1) is 6.61 Å². The molecule has 0 spiro atoms. The standard InChI is InChI=1S/C11H13NO3/c1-2-13-11(12)8-3-4-9-10(7-8)15-6-5-14-9/h3-4,7,12H,2,5-6H2,1H3. The molecule has 0 saturated carbocycles. The summed E-state index contributed by atoms with van der Waals surface area (Å²) >= 11 is 0. The predicted molar refractivity (Wildman–Crippen MR) is 55.9 cm³/mol. The van der Waals surface area contributed by atoms with Gasteiger partial charge in [0.15, 0.2) is 11.5 Å². The average molecular weight is 207 g/mol. The van der Waals surface area contributed by atoms with E-state index >= 15 is 0 Å². The van der Waals surface area contributed by atoms with Gasteiger partial charge in [-0.3, -0.25) is 5.41 Å². The molecule has 1 aromatic rings. The maximum absolute atomic E-state index is 7.63. The van der Waals surface area contributed by atoms with E-state index < -0.39 is 0 Å². The number of hydrogen-bond acceptors (Lipinski definition) is 4. The van der Waals surface area contributed by atoms with Gasteiger partial charge in [-0.2, -0.15) is 0 Å². The van der Waals surface area contributed by atoms with Crippen LogP contribution in [0.4, 0.5) is 0 Å². The Labute approximate surface area is 88.3 Å². The van der Waals surface area contributed by atoms with Crippen molar-refractivity contribution in [1.82, 2.24) is 0 Å². The SMILES string of the molecule is CCOC(=N)c1ccc2c(c1)OCCO2. The molecule has 0 atom stereocenters. The lowest BCUT2D eigenvalue weighted by molar-refractivity contribution is 0.171. The summed E-state index contributed by atoms with van der Waals surface area (Å²) in [5, 5.41) is 7.63. The Morgan fingerprint density at radius 1 is 1.33 bits per heavy atom. The lowest BCUT2D eigenvalue weighted by atomic mass is 10.2. The lowest BCUT2D eigenvalue weighted by Crippen LogP contribution is -2.16. The van der Waals surface area contributed by atoms with Crippen LogP contribution in [0.5, 0.6) is 11.5 Å². The van der Waals surface area contributed by atoms with E-state index in [1.54, 1.807) is 18.2 Å². The van der Waals surface area contributed by atoms with Gasteiger partial charge < -0.3 is 14.2 Å². The molecule has 0 unspecified atom stereocenters. The molecule has 1 heterocycles. The van der Waals surface area contributed by atoms with Gasteiger partial charge in [-0.25, -0.2) is 0 Å². The third-order valence-electron chi connectivity index (χ3n) is 2.09. The topological polar surface area (TPSA) is 51.5 Å². The number of fused-ring (bicyclic) bond motifs is 1. The van der Waals surface area contributed by atoms with Gasteiger partial charge in [-0.15, -0.1) is 0 Å². The molecule has 0 fully saturated rings. The van der Waals surface area contributed by atoms with Crippen molar-refractivity contribution in [2.75, 3.05) is 19.8 Å². The molecule has 0 aliphatic carbocycles. The first-order chi connectivity index (χ1) is 7.31. The molecule has 80 valence electrons. The summed E-state index contributed by atoms with van der Waals surface area (Å²) in [6.45, 7) is 3.48. The predicted octanol–water partition coefficient (Wildman–Crippen LogP) is 1.82. The molecular formula is C11H13NO3. The Hall–Kier alpha value is -1.71. The van der Waals surface area contributed by atoms with Crippen LogP contribution in [0.25, 0.3) is 0 Å². The summed E-state index contributed by atoms with van der Waals surface area (Å²) < 4.78 is 15.9. The maximum Gasteiger partial charge on any atom is 0.213 e. The highest BCUT2D eigenvalue weighted by Crippen LogP contribution is 2.30. The zero-order valence-corrected chi connectivity index (χ0v) is 8.58. The van der Waals surface area contributed by atoms with Gasteiger partial charge >= 0.3 is 0 Å². The fourth-order valence-corrected chi connectivity index (χ4v) is 1.41. The molecule has 4 nitrogen and oxygen atoms in total. The summed E-state index contributed by atoms with van der Waals surface area (Å²) in [5.41, 5.74) is 0.709. The summed E-state index contributed by atoms with van der Waals surface area (Å²) in [4.78, 5) is 0. The first-order valence-electron chi connectivity index (χ1n) is 4.92. The second-order valence-corrected chi connectivity index (χ2v) is 3.12. The van der Waals surface area contributed by atoms with Crippen molar-refractivity contribution in [2.45, 2.75) is 6.92 Å². The molecule has 0 radical (unpaired) electrons. The van der Waals surface area contributed by atoms with Crippen LogP contribution in [0.2, 0.25) is 0 Å². The Balaban J connectivity index is 2.24. The quantitative estimate of drug-likeness (QED) is 0.594. The van der Waals surface area contributed by atoms with E-state index in [0.29, 0.717) is 31.1 Å². The Bertz CT molecular complexity index is 376. The van der Waals surface area contributed by atoms with Crippen LogP contribution < -0.4 is 9.47 Å². The van der Waals surface area contributed by atoms with Crippen LogP contribution >= 0.6 is 0 Å². The van der Waals surface area contributed by atoms with Crippen molar-refractivity contribution in [1.29, 1.82) is 5.41 Å². The van der Waals surface area contributed by atoms with Gasteiger partial charge in [0, 0.05) is 5.56 Å². The largest absolute Gasteiger partial charge is 0.486 e. The fourth-order valence-electron chi connectivity index (χ4n) is 1.41. The number of nitrogens with one attached hydrogen (secondary N) is 1. The summed E-state index contributed by atoms with van der Waals surface area (Å²) in [7, 11) is 0. The fraction of sp³-hybridized carbons (Fsp3) is 0.364. The van der Waals surface area contributed by atoms with E-state index in [1.807, 2.05) is 6.92 Å². The molecule has 1 aliphatic heterocycles. The van der Waals surface area contributed by atoms with Gasteiger partial charge in [0.25, 0.3) is 0 Å². The normalized spacial score (nSPS) is 13.4. The van der Waals surface area contributed by atoms with Gasteiger partial charge in [0.2, 0.25) is 5.90 Å². The van der Waals surface area contributed by atoms with Crippen molar-refractivity contribution in [3.8, 4) is 11.5 Å². The first-order valence-corrected chi connectivity index (χ1v) is 4.92. The molecule has 0 bridgehead atoms. The van der Waals surface area contributed by atoms with Crippen molar-refractivity contribution in [2.24, 2.45) is 0 Å². The van der Waals surface area contributed by atoms with E-state index in [9.17, 15) is 0 Å². The van der Waals surface area contributed by atoms with E-state index in [1.165, 1.54) is 0 Å². The minimum Gasteiger partial charge on any atom is -0.486 e. The molecule has 4 heteroatoms. The number of hydrogen-bond donors (Lipinski definition) is 1. The van der Waals surface area contributed by atoms with Crippen LogP contribution in [0.15, 0.2) is 18.2 Å². The molecule has 1 aromatic carbocycles. The highest BCUT2D eigenvalue weighted by Gasteiger charge is 2.13. The van der Waals surface area contributed by atoms with Gasteiger partial charge in [-0.1, -0.05) is 0 Å². The smallest absolute Gasteiger partial charge is 0.213 e. The molecule has 0 aromatic heterocycles. The third-order valence-corrected chi connectivity index (χ3v) is 2.09. The second-order valence-electron chi connectivity index (χ2n) is 3.12. The average Bonchev–Trinajstić information content (AvgIpc) is 2.29. The first kappa shape index (κ1) is 9.83. The van der Waals surface area contributed by atoms with Crippen molar-refractivity contribution >= 4 is 5.90 Å². The number of ether oxygens (including phenoxy) is 3. The van der Waals surface area contributed by atoms with E-state index in [0.717, 1.165) is 5.75 Å². The lowest BCUT2D eigenvalue weighted by Gasteiger charge is -2.18. The summed E-state index contributed by atoms with van der Waals surface area (Å²) in [6, 6.07) is 5.37. The van der Waals surface area contributed by atoms with E-state index in [2.05, 4.69) is 0 Å². The Morgan fingerprint density at radius 2 is 2.07 bits per heavy atom. The number of benzene rings is 1. The zero-order chi connectivity index (χ0) is 10.7. The Kier molecular flexibility index (Phi) is 2.76. The molecule has 2 rings (SSSR count).